The van der Waals surface area contributed by atoms with Crippen LogP contribution in [0.1, 0.15) is 26.4 Å². The average Bonchev–Trinajstić information content (AvgIpc) is 3.29. The van der Waals surface area contributed by atoms with Gasteiger partial charge in [-0.25, -0.2) is 0 Å². The number of hydrogen-bond acceptors (Lipinski definition) is 4. The Hall–Kier alpha value is -3.64. The summed E-state index contributed by atoms with van der Waals surface area (Å²) in [5.41, 5.74) is 9.01. The highest BCUT2D eigenvalue weighted by molar-refractivity contribution is 7.12. The fraction of sp³-hybridized carbons (Fsp3) is 0.0833. The average molecular weight is 416 g/mol. The van der Waals surface area contributed by atoms with Gasteiger partial charge in [0.15, 0.2) is 0 Å². The first-order valence-corrected chi connectivity index (χ1v) is 10.3. The number of carbonyl (C=O) groups is 1. The number of carbonyl (C=O) groups excluding carboxylic acids is 1. The molecule has 3 aromatic carbocycles. The molecular weight excluding hydrogens is 394 g/mol. The van der Waals surface area contributed by atoms with Gasteiger partial charge in [-0.2, -0.15) is 0 Å². The second-order valence-electron chi connectivity index (χ2n) is 7.01. The Bertz CT molecular complexity index is 1230. The Morgan fingerprint density at radius 3 is 2.63 bits per heavy atom. The number of nitrogens with one attached hydrogen (secondary N) is 2. The predicted molar refractivity (Wildman–Crippen MR) is 123 cm³/mol. The van der Waals surface area contributed by atoms with E-state index in [0.29, 0.717) is 17.0 Å². The largest absolute Gasteiger partial charge is 0.489 e. The number of fused-ring (bicyclic) bond motifs is 1. The van der Waals surface area contributed by atoms with Gasteiger partial charge in [-0.3, -0.25) is 10.2 Å². The lowest BCUT2D eigenvalue weighted by molar-refractivity contribution is 0.103. The fourth-order valence-corrected chi connectivity index (χ4v) is 3.75. The van der Waals surface area contributed by atoms with Crippen molar-refractivity contribution in [3.05, 3.63) is 93.7 Å². The molecule has 0 aliphatic rings. The SMILES string of the molecule is Cc1ccc(COc2ccc3cc(C(=N)N)ccc3c2)cc1NC(=O)c1cccs1. The van der Waals surface area contributed by atoms with E-state index in [2.05, 4.69) is 5.32 Å². The van der Waals surface area contributed by atoms with Crippen molar-refractivity contribution < 1.29 is 9.53 Å². The van der Waals surface area contributed by atoms with Crippen LogP contribution in [-0.2, 0) is 6.61 Å². The van der Waals surface area contributed by atoms with Gasteiger partial charge in [0.2, 0.25) is 0 Å². The van der Waals surface area contributed by atoms with Crippen LogP contribution in [0.4, 0.5) is 5.69 Å². The summed E-state index contributed by atoms with van der Waals surface area (Å²) in [6, 6.07) is 21.1. The second kappa shape index (κ2) is 8.39. The number of thiophene rings is 1. The zero-order valence-corrected chi connectivity index (χ0v) is 17.3. The normalized spacial score (nSPS) is 10.7. The van der Waals surface area contributed by atoms with Crippen molar-refractivity contribution >= 4 is 39.5 Å². The van der Waals surface area contributed by atoms with Gasteiger partial charge in [0, 0.05) is 11.3 Å². The molecule has 0 radical (unpaired) electrons. The molecule has 150 valence electrons. The van der Waals surface area contributed by atoms with E-state index in [4.69, 9.17) is 15.9 Å². The van der Waals surface area contributed by atoms with E-state index in [1.165, 1.54) is 11.3 Å². The predicted octanol–water partition coefficient (Wildman–Crippen LogP) is 5.33. The van der Waals surface area contributed by atoms with Crippen molar-refractivity contribution in [3.63, 3.8) is 0 Å². The molecule has 0 saturated carbocycles. The fourth-order valence-electron chi connectivity index (χ4n) is 3.13. The van der Waals surface area contributed by atoms with Gasteiger partial charge in [-0.05, 0) is 64.5 Å². The molecule has 4 rings (SSSR count). The van der Waals surface area contributed by atoms with Crippen LogP contribution in [0.5, 0.6) is 5.75 Å². The quantitative estimate of drug-likeness (QED) is 0.294. The first-order valence-electron chi connectivity index (χ1n) is 9.45. The maximum absolute atomic E-state index is 12.4. The van der Waals surface area contributed by atoms with E-state index in [9.17, 15) is 4.79 Å². The Morgan fingerprint density at radius 2 is 1.87 bits per heavy atom. The highest BCUT2D eigenvalue weighted by Gasteiger charge is 2.09. The Labute approximate surface area is 178 Å². The number of nitrogens with two attached hydrogens (primary N) is 1. The molecule has 1 amide bonds. The number of amides is 1. The summed E-state index contributed by atoms with van der Waals surface area (Å²) >= 11 is 1.42. The topological polar surface area (TPSA) is 88.2 Å². The van der Waals surface area contributed by atoms with Crippen LogP contribution in [0, 0.1) is 12.3 Å². The molecule has 4 aromatic rings. The molecule has 30 heavy (non-hydrogen) atoms. The molecule has 0 bridgehead atoms. The molecule has 0 saturated heterocycles. The summed E-state index contributed by atoms with van der Waals surface area (Å²) < 4.78 is 5.97. The number of nitrogen functional groups attached to an aromatic ring is 1. The van der Waals surface area contributed by atoms with E-state index < -0.39 is 0 Å². The highest BCUT2D eigenvalue weighted by Crippen LogP contribution is 2.24. The minimum atomic E-state index is -0.106. The summed E-state index contributed by atoms with van der Waals surface area (Å²) in [5, 5.41) is 14.4. The third-order valence-electron chi connectivity index (χ3n) is 4.82. The lowest BCUT2D eigenvalue weighted by atomic mass is 10.1. The van der Waals surface area contributed by atoms with Crippen LogP contribution in [0.25, 0.3) is 10.8 Å². The number of aryl methyl sites for hydroxylation is 1. The lowest BCUT2D eigenvalue weighted by Gasteiger charge is -2.12. The zero-order valence-electron chi connectivity index (χ0n) is 16.4. The number of anilines is 1. The van der Waals surface area contributed by atoms with Gasteiger partial charge in [0.05, 0.1) is 4.88 Å². The van der Waals surface area contributed by atoms with Gasteiger partial charge in [-0.15, -0.1) is 11.3 Å². The van der Waals surface area contributed by atoms with Crippen LogP contribution >= 0.6 is 11.3 Å². The van der Waals surface area contributed by atoms with Crippen molar-refractivity contribution in [2.45, 2.75) is 13.5 Å². The van der Waals surface area contributed by atoms with Gasteiger partial charge in [0.25, 0.3) is 5.91 Å². The number of rotatable bonds is 6. The molecule has 1 aromatic heterocycles. The number of hydrogen-bond donors (Lipinski definition) is 3. The van der Waals surface area contributed by atoms with Gasteiger partial charge >= 0.3 is 0 Å². The van der Waals surface area contributed by atoms with Crippen molar-refractivity contribution in [1.82, 2.24) is 0 Å². The van der Waals surface area contributed by atoms with E-state index in [1.807, 2.05) is 73.0 Å². The summed E-state index contributed by atoms with van der Waals surface area (Å²) in [7, 11) is 0. The summed E-state index contributed by atoms with van der Waals surface area (Å²) in [5.74, 6) is 0.701. The van der Waals surface area contributed by atoms with E-state index in [-0.39, 0.29) is 11.7 Å². The van der Waals surface area contributed by atoms with Gasteiger partial charge in [0.1, 0.15) is 18.2 Å². The van der Waals surface area contributed by atoms with Crippen LogP contribution in [-0.4, -0.2) is 11.7 Å². The monoisotopic (exact) mass is 415 g/mol. The highest BCUT2D eigenvalue weighted by atomic mass is 32.1. The van der Waals surface area contributed by atoms with Gasteiger partial charge < -0.3 is 15.8 Å². The lowest BCUT2D eigenvalue weighted by Crippen LogP contribution is -2.11. The maximum Gasteiger partial charge on any atom is 0.265 e. The van der Waals surface area contributed by atoms with Crippen LogP contribution in [0.2, 0.25) is 0 Å². The molecule has 0 aliphatic heterocycles. The maximum atomic E-state index is 12.4. The molecule has 0 spiro atoms. The Balaban J connectivity index is 1.47. The Morgan fingerprint density at radius 1 is 1.07 bits per heavy atom. The third kappa shape index (κ3) is 4.34. The summed E-state index contributed by atoms with van der Waals surface area (Å²) in [4.78, 5) is 13.0. The zero-order chi connectivity index (χ0) is 21.1. The first kappa shape index (κ1) is 19.7. The standard InChI is InChI=1S/C24H21N3O2S/c1-15-4-5-16(11-21(15)27-24(28)22-3-2-10-30-22)14-29-20-9-8-17-12-19(23(25)26)7-6-18(17)13-20/h2-13H,14H2,1H3,(H3,25,26)(H,27,28). The molecule has 0 aliphatic carbocycles. The van der Waals surface area contributed by atoms with Crippen molar-refractivity contribution in [2.24, 2.45) is 5.73 Å². The molecule has 5 nitrogen and oxygen atoms in total. The van der Waals surface area contributed by atoms with E-state index in [0.717, 1.165) is 33.3 Å². The smallest absolute Gasteiger partial charge is 0.265 e. The summed E-state index contributed by atoms with van der Waals surface area (Å²) in [6.07, 6.45) is 0. The molecule has 1 heterocycles. The number of amidine groups is 1. The molecule has 0 unspecified atom stereocenters. The van der Waals surface area contributed by atoms with Crippen LogP contribution in [0.3, 0.4) is 0 Å². The molecular formula is C24H21N3O2S. The van der Waals surface area contributed by atoms with Crippen molar-refractivity contribution in [1.29, 1.82) is 5.41 Å². The molecule has 0 fully saturated rings. The number of ether oxygens (including phenoxy) is 1. The third-order valence-corrected chi connectivity index (χ3v) is 5.69. The minimum Gasteiger partial charge on any atom is -0.489 e. The van der Waals surface area contributed by atoms with Crippen molar-refractivity contribution in [2.75, 3.05) is 5.32 Å². The van der Waals surface area contributed by atoms with Gasteiger partial charge in [-0.1, -0.05) is 36.4 Å². The molecule has 6 heteroatoms. The van der Waals surface area contributed by atoms with Crippen molar-refractivity contribution in [3.8, 4) is 5.75 Å². The first-order chi connectivity index (χ1) is 14.5. The van der Waals surface area contributed by atoms with E-state index >= 15 is 0 Å². The summed E-state index contributed by atoms with van der Waals surface area (Å²) in [6.45, 7) is 2.35. The van der Waals surface area contributed by atoms with E-state index in [1.54, 1.807) is 6.07 Å². The molecule has 4 N–H and O–H groups in total. The van der Waals surface area contributed by atoms with Crippen LogP contribution < -0.4 is 15.8 Å². The van der Waals surface area contributed by atoms with Crippen LogP contribution in [0.15, 0.2) is 72.1 Å². The second-order valence-corrected chi connectivity index (χ2v) is 7.95. The number of benzene rings is 3. The molecule has 0 atom stereocenters. The minimum absolute atomic E-state index is 0.0542. The Kier molecular flexibility index (Phi) is 5.50.